The summed E-state index contributed by atoms with van der Waals surface area (Å²) < 4.78 is 42.2. The second-order valence-electron chi connectivity index (χ2n) is 4.96. The van der Waals surface area contributed by atoms with E-state index < -0.39 is 10.0 Å². The van der Waals surface area contributed by atoms with Crippen LogP contribution in [0, 0.1) is 5.82 Å². The Hall–Kier alpha value is -2.26. The van der Waals surface area contributed by atoms with Crippen LogP contribution in [0.15, 0.2) is 64.2 Å². The van der Waals surface area contributed by atoms with Gasteiger partial charge in [-0.15, -0.1) is 5.10 Å². The van der Waals surface area contributed by atoms with Crippen LogP contribution < -0.4 is 4.72 Å². The summed E-state index contributed by atoms with van der Waals surface area (Å²) in [6.45, 7) is 0.283. The number of hydrogen-bond donors (Lipinski definition) is 1. The number of benzene rings is 2. The number of sulfonamides is 1. The molecule has 6 nitrogen and oxygen atoms in total. The maximum Gasteiger partial charge on any atom is 0.264 e. The summed E-state index contributed by atoms with van der Waals surface area (Å²) in [5.41, 5.74) is 0.696. The second kappa shape index (κ2) is 6.70. The van der Waals surface area contributed by atoms with Gasteiger partial charge in [0.1, 0.15) is 12.1 Å². The molecule has 0 spiro atoms. The van der Waals surface area contributed by atoms with E-state index in [0.717, 1.165) is 4.47 Å². The Labute approximate surface area is 146 Å². The molecule has 0 bridgehead atoms. The Morgan fingerprint density at radius 2 is 1.92 bits per heavy atom. The maximum atomic E-state index is 13.2. The van der Waals surface area contributed by atoms with E-state index in [4.69, 9.17) is 0 Å². The zero-order valence-corrected chi connectivity index (χ0v) is 14.6. The van der Waals surface area contributed by atoms with Crippen LogP contribution in [-0.4, -0.2) is 23.2 Å². The van der Waals surface area contributed by atoms with E-state index in [-0.39, 0.29) is 23.2 Å². The number of nitrogens with one attached hydrogen (secondary N) is 1. The lowest BCUT2D eigenvalue weighted by atomic mass is 10.2. The van der Waals surface area contributed by atoms with Crippen LogP contribution in [0.5, 0.6) is 0 Å². The number of aromatic nitrogens is 3. The third kappa shape index (κ3) is 3.98. The van der Waals surface area contributed by atoms with Gasteiger partial charge in [-0.2, -0.15) is 4.98 Å². The third-order valence-electron chi connectivity index (χ3n) is 3.12. The van der Waals surface area contributed by atoms with Gasteiger partial charge in [0, 0.05) is 4.47 Å². The van der Waals surface area contributed by atoms with Crippen molar-refractivity contribution < 1.29 is 12.8 Å². The lowest BCUT2D eigenvalue weighted by Crippen LogP contribution is -2.14. The Morgan fingerprint density at radius 1 is 1.17 bits per heavy atom. The molecule has 0 saturated carbocycles. The summed E-state index contributed by atoms with van der Waals surface area (Å²) in [5, 5.41) is 4.05. The van der Waals surface area contributed by atoms with Gasteiger partial charge in [0.05, 0.1) is 11.4 Å². The van der Waals surface area contributed by atoms with Crippen molar-refractivity contribution in [2.24, 2.45) is 0 Å². The molecule has 1 heterocycles. The first-order valence-electron chi connectivity index (χ1n) is 6.85. The van der Waals surface area contributed by atoms with Crippen LogP contribution in [0.3, 0.4) is 0 Å². The van der Waals surface area contributed by atoms with Crippen molar-refractivity contribution in [3.8, 4) is 0 Å². The number of nitrogens with zero attached hydrogens (tertiary/aromatic N) is 3. The standard InChI is InChI=1S/C15H12BrFN4O2S/c16-12-4-6-14(7-5-12)24(22,23)20-15-18-10-21(19-15)9-11-2-1-3-13(17)8-11/h1-8,10H,9H2,(H,19,20). The highest BCUT2D eigenvalue weighted by Gasteiger charge is 2.16. The van der Waals surface area contributed by atoms with Crippen LogP contribution in [0.1, 0.15) is 5.56 Å². The first-order chi connectivity index (χ1) is 11.4. The van der Waals surface area contributed by atoms with Crippen molar-refractivity contribution in [1.29, 1.82) is 0 Å². The van der Waals surface area contributed by atoms with Gasteiger partial charge < -0.3 is 0 Å². The van der Waals surface area contributed by atoms with E-state index in [9.17, 15) is 12.8 Å². The van der Waals surface area contributed by atoms with Gasteiger partial charge in [0.15, 0.2) is 0 Å². The average Bonchev–Trinajstić information content (AvgIpc) is 2.94. The molecule has 0 aliphatic carbocycles. The summed E-state index contributed by atoms with van der Waals surface area (Å²) in [6, 6.07) is 12.3. The Bertz CT molecular complexity index is 958. The number of rotatable bonds is 5. The Balaban J connectivity index is 1.75. The van der Waals surface area contributed by atoms with E-state index in [2.05, 4.69) is 30.7 Å². The number of anilines is 1. The van der Waals surface area contributed by atoms with Crippen molar-refractivity contribution >= 4 is 31.9 Å². The van der Waals surface area contributed by atoms with Crippen molar-refractivity contribution in [3.05, 3.63) is 70.7 Å². The summed E-state index contributed by atoms with van der Waals surface area (Å²) in [5.74, 6) is -0.391. The van der Waals surface area contributed by atoms with E-state index in [1.165, 1.54) is 35.3 Å². The molecule has 3 aromatic rings. The van der Waals surface area contributed by atoms with Gasteiger partial charge in [-0.25, -0.2) is 22.2 Å². The highest BCUT2D eigenvalue weighted by atomic mass is 79.9. The minimum absolute atomic E-state index is 0.0469. The lowest BCUT2D eigenvalue weighted by Gasteiger charge is -2.04. The highest BCUT2D eigenvalue weighted by molar-refractivity contribution is 9.10. The van der Waals surface area contributed by atoms with E-state index in [1.54, 1.807) is 24.3 Å². The van der Waals surface area contributed by atoms with Gasteiger partial charge >= 0.3 is 0 Å². The lowest BCUT2D eigenvalue weighted by molar-refractivity contribution is 0.600. The summed E-state index contributed by atoms with van der Waals surface area (Å²) in [6.07, 6.45) is 1.38. The smallest absolute Gasteiger partial charge is 0.246 e. The Morgan fingerprint density at radius 3 is 2.62 bits per heavy atom. The zero-order chi connectivity index (χ0) is 17.2. The van der Waals surface area contributed by atoms with Gasteiger partial charge in [-0.3, -0.25) is 0 Å². The van der Waals surface area contributed by atoms with Crippen molar-refractivity contribution in [1.82, 2.24) is 14.8 Å². The van der Waals surface area contributed by atoms with Gasteiger partial charge in [-0.05, 0) is 42.0 Å². The van der Waals surface area contributed by atoms with E-state index in [1.807, 2.05) is 0 Å². The number of hydrogen-bond acceptors (Lipinski definition) is 4. The molecule has 24 heavy (non-hydrogen) atoms. The van der Waals surface area contributed by atoms with Crippen molar-refractivity contribution in [3.63, 3.8) is 0 Å². The molecular formula is C15H12BrFN4O2S. The summed E-state index contributed by atoms with van der Waals surface area (Å²) in [4.78, 5) is 4.03. The topological polar surface area (TPSA) is 76.9 Å². The third-order valence-corrected chi connectivity index (χ3v) is 4.99. The zero-order valence-electron chi connectivity index (χ0n) is 12.2. The molecule has 0 unspecified atom stereocenters. The van der Waals surface area contributed by atoms with Gasteiger partial charge in [0.2, 0.25) is 0 Å². The monoisotopic (exact) mass is 410 g/mol. The van der Waals surface area contributed by atoms with Crippen LogP contribution >= 0.6 is 15.9 Å². The molecule has 0 radical (unpaired) electrons. The second-order valence-corrected chi connectivity index (χ2v) is 7.55. The van der Waals surface area contributed by atoms with Crippen molar-refractivity contribution in [2.45, 2.75) is 11.4 Å². The fourth-order valence-electron chi connectivity index (χ4n) is 2.03. The largest absolute Gasteiger partial charge is 0.264 e. The fraction of sp³-hybridized carbons (Fsp3) is 0.0667. The molecule has 2 aromatic carbocycles. The molecule has 3 rings (SSSR count). The molecule has 1 aromatic heterocycles. The fourth-order valence-corrected chi connectivity index (χ4v) is 3.24. The van der Waals surface area contributed by atoms with Gasteiger partial charge in [-0.1, -0.05) is 28.1 Å². The molecule has 1 N–H and O–H groups in total. The van der Waals surface area contributed by atoms with Crippen LogP contribution in [0.2, 0.25) is 0 Å². The molecule has 0 aliphatic rings. The minimum Gasteiger partial charge on any atom is -0.246 e. The molecule has 0 aliphatic heterocycles. The first kappa shape index (κ1) is 16.6. The molecule has 124 valence electrons. The summed E-state index contributed by atoms with van der Waals surface area (Å²) >= 11 is 3.25. The molecule has 0 atom stereocenters. The van der Waals surface area contributed by atoms with Crippen LogP contribution in [0.25, 0.3) is 0 Å². The predicted octanol–water partition coefficient (Wildman–Crippen LogP) is 3.03. The van der Waals surface area contributed by atoms with E-state index in [0.29, 0.717) is 5.56 Å². The maximum absolute atomic E-state index is 13.2. The molecular weight excluding hydrogens is 399 g/mol. The van der Waals surface area contributed by atoms with Crippen LogP contribution in [0.4, 0.5) is 10.3 Å². The van der Waals surface area contributed by atoms with Crippen molar-refractivity contribution in [2.75, 3.05) is 4.72 Å². The quantitative estimate of drug-likeness (QED) is 0.700. The summed E-state index contributed by atoms with van der Waals surface area (Å²) in [7, 11) is -3.77. The van der Waals surface area contributed by atoms with Crippen LogP contribution in [-0.2, 0) is 16.6 Å². The molecule has 9 heteroatoms. The Kier molecular flexibility index (Phi) is 4.63. The normalized spacial score (nSPS) is 11.4. The highest BCUT2D eigenvalue weighted by Crippen LogP contribution is 2.17. The predicted molar refractivity (Wildman–Crippen MR) is 90.5 cm³/mol. The molecule has 0 fully saturated rings. The van der Waals surface area contributed by atoms with Gasteiger partial charge in [0.25, 0.3) is 16.0 Å². The molecule has 0 saturated heterocycles. The van der Waals surface area contributed by atoms with E-state index >= 15 is 0 Å². The SMILES string of the molecule is O=S(=O)(Nc1ncn(Cc2cccc(F)c2)n1)c1ccc(Br)cc1. The number of halogens is 2. The average molecular weight is 411 g/mol. The molecule has 0 amide bonds. The first-order valence-corrected chi connectivity index (χ1v) is 9.12. The minimum atomic E-state index is -3.77.